The standard InChI is InChI=1S/C19H22Cl2N4O/c1-13(26)25-17-7-3-14(4-8-17)9-10-23-19(22-2)24-12-15-5-6-16(20)11-18(15)21/h3-8,11H,9-10,12H2,1-2H3,(H,25,26)(H2,22,23,24). The number of hydrogen-bond acceptors (Lipinski definition) is 2. The van der Waals surface area contributed by atoms with Crippen LogP contribution in [0.4, 0.5) is 5.69 Å². The molecule has 138 valence electrons. The van der Waals surface area contributed by atoms with Gasteiger partial charge in [0.05, 0.1) is 0 Å². The number of nitrogens with zero attached hydrogens (tertiary/aromatic N) is 1. The van der Waals surface area contributed by atoms with Crippen molar-refractivity contribution in [3.8, 4) is 0 Å². The number of aliphatic imine (C=N–C) groups is 1. The number of carbonyl (C=O) groups is 1. The molecule has 0 unspecified atom stereocenters. The summed E-state index contributed by atoms with van der Waals surface area (Å²) in [4.78, 5) is 15.2. The number of anilines is 1. The van der Waals surface area contributed by atoms with E-state index in [2.05, 4.69) is 20.9 Å². The van der Waals surface area contributed by atoms with Gasteiger partial charge in [-0.3, -0.25) is 9.79 Å². The molecule has 0 fully saturated rings. The fraction of sp³-hybridized carbons (Fsp3) is 0.263. The molecule has 2 aromatic carbocycles. The second-order valence-electron chi connectivity index (χ2n) is 5.72. The number of benzene rings is 2. The van der Waals surface area contributed by atoms with E-state index in [0.29, 0.717) is 22.5 Å². The first-order valence-corrected chi connectivity index (χ1v) is 8.98. The molecule has 0 saturated carbocycles. The summed E-state index contributed by atoms with van der Waals surface area (Å²) in [6.07, 6.45) is 0.836. The topological polar surface area (TPSA) is 65.5 Å². The van der Waals surface area contributed by atoms with Crippen LogP contribution >= 0.6 is 23.2 Å². The Morgan fingerprint density at radius 2 is 1.81 bits per heavy atom. The minimum atomic E-state index is -0.0740. The van der Waals surface area contributed by atoms with Crippen LogP contribution in [0.2, 0.25) is 10.0 Å². The van der Waals surface area contributed by atoms with Crippen molar-refractivity contribution in [2.24, 2.45) is 4.99 Å². The number of carbonyl (C=O) groups excluding carboxylic acids is 1. The monoisotopic (exact) mass is 392 g/mol. The second kappa shape index (κ2) is 10.0. The molecule has 0 spiro atoms. The van der Waals surface area contributed by atoms with Gasteiger partial charge in [-0.15, -0.1) is 0 Å². The van der Waals surface area contributed by atoms with Crippen molar-refractivity contribution < 1.29 is 4.79 Å². The second-order valence-corrected chi connectivity index (χ2v) is 6.56. The van der Waals surface area contributed by atoms with Gasteiger partial charge in [0.1, 0.15) is 0 Å². The highest BCUT2D eigenvalue weighted by Gasteiger charge is 2.03. The Labute approximate surface area is 163 Å². The van der Waals surface area contributed by atoms with Gasteiger partial charge in [0.15, 0.2) is 5.96 Å². The van der Waals surface area contributed by atoms with E-state index in [9.17, 15) is 4.79 Å². The molecule has 0 atom stereocenters. The predicted octanol–water partition coefficient (Wildman–Crippen LogP) is 3.86. The maximum atomic E-state index is 11.0. The lowest BCUT2D eigenvalue weighted by Crippen LogP contribution is -2.37. The van der Waals surface area contributed by atoms with Gasteiger partial charge in [0.2, 0.25) is 5.91 Å². The van der Waals surface area contributed by atoms with E-state index < -0.39 is 0 Å². The smallest absolute Gasteiger partial charge is 0.221 e. The molecule has 0 aliphatic rings. The molecule has 0 aromatic heterocycles. The fourth-order valence-electron chi connectivity index (χ4n) is 2.35. The Kier molecular flexibility index (Phi) is 7.75. The Hall–Kier alpha value is -2.24. The summed E-state index contributed by atoms with van der Waals surface area (Å²) in [5, 5.41) is 10.5. The van der Waals surface area contributed by atoms with Crippen LogP contribution in [0, 0.1) is 0 Å². The lowest BCUT2D eigenvalue weighted by Gasteiger charge is -2.13. The van der Waals surface area contributed by atoms with Crippen molar-refractivity contribution in [3.05, 3.63) is 63.6 Å². The fourth-order valence-corrected chi connectivity index (χ4v) is 2.82. The Bertz CT molecular complexity index is 776. The highest BCUT2D eigenvalue weighted by molar-refractivity contribution is 6.35. The molecular formula is C19H22Cl2N4O. The molecule has 7 heteroatoms. The third kappa shape index (κ3) is 6.58. The Morgan fingerprint density at radius 3 is 2.42 bits per heavy atom. The third-order valence-electron chi connectivity index (χ3n) is 3.67. The van der Waals surface area contributed by atoms with E-state index in [1.165, 1.54) is 12.5 Å². The molecular weight excluding hydrogens is 371 g/mol. The number of guanidine groups is 1. The predicted molar refractivity (Wildman–Crippen MR) is 109 cm³/mol. The lowest BCUT2D eigenvalue weighted by molar-refractivity contribution is -0.114. The number of rotatable bonds is 6. The van der Waals surface area contributed by atoms with E-state index >= 15 is 0 Å². The molecule has 0 saturated heterocycles. The van der Waals surface area contributed by atoms with Gasteiger partial charge < -0.3 is 16.0 Å². The minimum absolute atomic E-state index is 0.0740. The van der Waals surface area contributed by atoms with Crippen LogP contribution in [0.3, 0.4) is 0 Å². The number of halogens is 2. The van der Waals surface area contributed by atoms with Gasteiger partial charge in [-0.25, -0.2) is 0 Å². The Balaban J connectivity index is 1.79. The zero-order chi connectivity index (χ0) is 18.9. The molecule has 0 radical (unpaired) electrons. The zero-order valence-electron chi connectivity index (χ0n) is 14.8. The van der Waals surface area contributed by atoms with Gasteiger partial charge in [0, 0.05) is 42.8 Å². The van der Waals surface area contributed by atoms with E-state index in [-0.39, 0.29) is 5.91 Å². The molecule has 1 amide bonds. The van der Waals surface area contributed by atoms with Crippen LogP contribution in [0.25, 0.3) is 0 Å². The summed E-state index contributed by atoms with van der Waals surface area (Å²) in [5.74, 6) is 0.626. The third-order valence-corrected chi connectivity index (χ3v) is 4.25. The van der Waals surface area contributed by atoms with Crippen molar-refractivity contribution in [1.29, 1.82) is 0 Å². The maximum Gasteiger partial charge on any atom is 0.221 e. The molecule has 3 N–H and O–H groups in total. The van der Waals surface area contributed by atoms with E-state index in [1.807, 2.05) is 36.4 Å². The largest absolute Gasteiger partial charge is 0.356 e. The minimum Gasteiger partial charge on any atom is -0.356 e. The van der Waals surface area contributed by atoms with Crippen LogP contribution in [-0.4, -0.2) is 25.5 Å². The molecule has 2 aromatic rings. The average molecular weight is 393 g/mol. The van der Waals surface area contributed by atoms with Crippen LogP contribution in [0.15, 0.2) is 47.5 Å². The van der Waals surface area contributed by atoms with Crippen molar-refractivity contribution in [1.82, 2.24) is 10.6 Å². The molecule has 2 rings (SSSR count). The van der Waals surface area contributed by atoms with Gasteiger partial charge in [-0.2, -0.15) is 0 Å². The lowest BCUT2D eigenvalue weighted by atomic mass is 10.1. The van der Waals surface area contributed by atoms with E-state index in [4.69, 9.17) is 23.2 Å². The first kappa shape index (κ1) is 20.1. The van der Waals surface area contributed by atoms with E-state index in [1.54, 1.807) is 13.1 Å². The SMILES string of the molecule is CN=C(NCCc1ccc(NC(C)=O)cc1)NCc1ccc(Cl)cc1Cl. The van der Waals surface area contributed by atoms with Crippen LogP contribution in [-0.2, 0) is 17.8 Å². The van der Waals surface area contributed by atoms with Crippen molar-refractivity contribution >= 4 is 40.8 Å². The quantitative estimate of drug-likeness (QED) is 0.516. The summed E-state index contributed by atoms with van der Waals surface area (Å²) in [5.41, 5.74) is 2.92. The molecule has 0 bridgehead atoms. The zero-order valence-corrected chi connectivity index (χ0v) is 16.3. The van der Waals surface area contributed by atoms with Crippen LogP contribution < -0.4 is 16.0 Å². The van der Waals surface area contributed by atoms with Crippen LogP contribution in [0.5, 0.6) is 0 Å². The first-order valence-electron chi connectivity index (χ1n) is 8.23. The average Bonchev–Trinajstić information content (AvgIpc) is 2.60. The molecule has 0 heterocycles. The summed E-state index contributed by atoms with van der Waals surface area (Å²) in [6, 6.07) is 13.2. The number of hydrogen-bond donors (Lipinski definition) is 3. The Morgan fingerprint density at radius 1 is 1.08 bits per heavy atom. The molecule has 5 nitrogen and oxygen atoms in total. The van der Waals surface area contributed by atoms with Crippen molar-refractivity contribution in [2.45, 2.75) is 19.9 Å². The summed E-state index contributed by atoms with van der Waals surface area (Å²) in [6.45, 7) is 2.78. The van der Waals surface area contributed by atoms with Gasteiger partial charge in [0.25, 0.3) is 0 Å². The number of nitrogens with one attached hydrogen (secondary N) is 3. The first-order chi connectivity index (χ1) is 12.5. The van der Waals surface area contributed by atoms with Crippen molar-refractivity contribution in [3.63, 3.8) is 0 Å². The highest BCUT2D eigenvalue weighted by atomic mass is 35.5. The summed E-state index contributed by atoms with van der Waals surface area (Å²) in [7, 11) is 1.72. The normalized spacial score (nSPS) is 11.2. The highest BCUT2D eigenvalue weighted by Crippen LogP contribution is 2.20. The maximum absolute atomic E-state index is 11.0. The van der Waals surface area contributed by atoms with E-state index in [0.717, 1.165) is 24.2 Å². The summed E-state index contributed by atoms with van der Waals surface area (Å²) >= 11 is 12.1. The van der Waals surface area contributed by atoms with Gasteiger partial charge in [-0.1, -0.05) is 41.4 Å². The number of amides is 1. The van der Waals surface area contributed by atoms with Crippen molar-refractivity contribution in [2.75, 3.05) is 18.9 Å². The molecule has 0 aliphatic heterocycles. The summed E-state index contributed by atoms with van der Waals surface area (Å²) < 4.78 is 0. The van der Waals surface area contributed by atoms with Gasteiger partial charge in [-0.05, 0) is 41.8 Å². The van der Waals surface area contributed by atoms with Gasteiger partial charge >= 0.3 is 0 Å². The van der Waals surface area contributed by atoms with Crippen LogP contribution in [0.1, 0.15) is 18.1 Å². The molecule has 26 heavy (non-hydrogen) atoms. The molecule has 0 aliphatic carbocycles.